The Bertz CT molecular complexity index is 545. The number of β-lactam (4-membered cyclic amide) rings is 1. The Kier molecular flexibility index (Phi) is 3.40. The third kappa shape index (κ3) is 2.81. The molecule has 1 heterocycles. The summed E-state index contributed by atoms with van der Waals surface area (Å²) in [6.07, 6.45) is -4.34. The highest BCUT2D eigenvalue weighted by molar-refractivity contribution is 6.31. The number of carbonyl (C=O) groups is 2. The van der Waals surface area contributed by atoms with Crippen LogP contribution in [0.25, 0.3) is 0 Å². The van der Waals surface area contributed by atoms with Gasteiger partial charge in [-0.2, -0.15) is 13.2 Å². The second kappa shape index (κ2) is 4.73. The summed E-state index contributed by atoms with van der Waals surface area (Å²) in [6.45, 7) is 0.268. The van der Waals surface area contributed by atoms with Crippen LogP contribution in [0.3, 0.4) is 0 Å². The van der Waals surface area contributed by atoms with Gasteiger partial charge in [-0.25, -0.2) is 4.79 Å². The van der Waals surface area contributed by atoms with Crippen LogP contribution in [-0.4, -0.2) is 23.4 Å². The van der Waals surface area contributed by atoms with Crippen LogP contribution in [-0.2, 0) is 11.0 Å². The molecule has 0 aliphatic carbocycles. The van der Waals surface area contributed by atoms with E-state index in [1.54, 1.807) is 0 Å². The molecule has 0 atom stereocenters. The molecule has 1 fully saturated rings. The van der Waals surface area contributed by atoms with Crippen LogP contribution in [0.15, 0.2) is 18.2 Å². The number of hydrogen-bond acceptors (Lipinski definition) is 2. The second-order valence-electron chi connectivity index (χ2n) is 3.92. The van der Waals surface area contributed by atoms with Crippen molar-refractivity contribution in [1.29, 1.82) is 0 Å². The zero-order valence-electron chi connectivity index (χ0n) is 9.42. The quantitative estimate of drug-likeness (QED) is 0.809. The number of anilines is 1. The molecule has 1 aliphatic heterocycles. The fourth-order valence-electron chi connectivity index (χ4n) is 1.54. The third-order valence-corrected chi connectivity index (χ3v) is 2.95. The fourth-order valence-corrected chi connectivity index (χ4v) is 1.77. The number of amides is 3. The largest absolute Gasteiger partial charge is 0.417 e. The monoisotopic (exact) mass is 292 g/mol. The van der Waals surface area contributed by atoms with Gasteiger partial charge in [-0.05, 0) is 18.2 Å². The Morgan fingerprint density at radius 2 is 2.05 bits per heavy atom. The number of urea groups is 1. The molecular weight excluding hydrogens is 285 g/mol. The molecule has 1 N–H and O–H groups in total. The predicted molar refractivity (Wildman–Crippen MR) is 61.8 cm³/mol. The number of alkyl halides is 3. The van der Waals surface area contributed by atoms with Crippen molar-refractivity contribution in [3.05, 3.63) is 28.8 Å². The first-order chi connectivity index (χ1) is 8.79. The van der Waals surface area contributed by atoms with Gasteiger partial charge in [-0.15, -0.1) is 0 Å². The zero-order chi connectivity index (χ0) is 14.2. The molecule has 19 heavy (non-hydrogen) atoms. The maximum atomic E-state index is 12.6. The second-order valence-corrected chi connectivity index (χ2v) is 4.33. The Hall–Kier alpha value is -1.76. The molecule has 0 unspecified atom stereocenters. The number of nitrogens with zero attached hydrogens (tertiary/aromatic N) is 1. The number of benzene rings is 1. The van der Waals surface area contributed by atoms with Crippen LogP contribution in [0.2, 0.25) is 5.02 Å². The highest BCUT2D eigenvalue weighted by Gasteiger charge is 2.34. The Labute approximate surface area is 111 Å². The lowest BCUT2D eigenvalue weighted by Gasteiger charge is -2.28. The van der Waals surface area contributed by atoms with Crippen molar-refractivity contribution in [2.45, 2.75) is 12.6 Å². The van der Waals surface area contributed by atoms with E-state index >= 15 is 0 Å². The van der Waals surface area contributed by atoms with Crippen molar-refractivity contribution in [3.8, 4) is 0 Å². The van der Waals surface area contributed by atoms with Gasteiger partial charge in [0.2, 0.25) is 5.91 Å². The lowest BCUT2D eigenvalue weighted by Crippen LogP contribution is -2.49. The molecule has 1 saturated heterocycles. The van der Waals surface area contributed by atoms with Crippen LogP contribution < -0.4 is 5.32 Å². The summed E-state index contributed by atoms with van der Waals surface area (Å²) >= 11 is 5.44. The van der Waals surface area contributed by atoms with Gasteiger partial charge in [-0.1, -0.05) is 11.6 Å². The summed E-state index contributed by atoms with van der Waals surface area (Å²) in [7, 11) is 0. The van der Waals surface area contributed by atoms with Crippen molar-refractivity contribution in [2.24, 2.45) is 0 Å². The van der Waals surface area contributed by atoms with Gasteiger partial charge in [0.1, 0.15) is 0 Å². The summed E-state index contributed by atoms with van der Waals surface area (Å²) in [5.74, 6) is -0.359. The maximum Gasteiger partial charge on any atom is 0.417 e. The summed E-state index contributed by atoms with van der Waals surface area (Å²) < 4.78 is 37.8. The molecule has 0 radical (unpaired) electrons. The van der Waals surface area contributed by atoms with E-state index in [9.17, 15) is 22.8 Å². The molecule has 8 heteroatoms. The topological polar surface area (TPSA) is 49.4 Å². The molecule has 0 saturated carbocycles. The average molecular weight is 293 g/mol. The Morgan fingerprint density at radius 1 is 1.37 bits per heavy atom. The van der Waals surface area contributed by atoms with Crippen LogP contribution in [0.1, 0.15) is 12.0 Å². The number of hydrogen-bond donors (Lipinski definition) is 1. The molecule has 1 aromatic carbocycles. The molecule has 0 spiro atoms. The van der Waals surface area contributed by atoms with E-state index in [-0.39, 0.29) is 24.6 Å². The minimum atomic E-state index is -4.61. The first-order valence-corrected chi connectivity index (χ1v) is 5.65. The number of carbonyl (C=O) groups excluding carboxylic acids is 2. The number of likely N-dealkylation sites (tertiary alicyclic amines) is 1. The lowest BCUT2D eigenvalue weighted by atomic mass is 10.2. The molecule has 2 rings (SSSR count). The summed E-state index contributed by atoms with van der Waals surface area (Å²) in [5, 5.41) is 1.77. The first kappa shape index (κ1) is 13.7. The van der Waals surface area contributed by atoms with Crippen molar-refractivity contribution < 1.29 is 22.8 Å². The smallest absolute Gasteiger partial charge is 0.307 e. The van der Waals surface area contributed by atoms with Crippen molar-refractivity contribution in [2.75, 3.05) is 11.9 Å². The van der Waals surface area contributed by atoms with Crippen molar-refractivity contribution >= 4 is 29.2 Å². The molecule has 1 aliphatic rings. The summed E-state index contributed by atoms with van der Waals surface area (Å²) in [4.78, 5) is 23.5. The van der Waals surface area contributed by atoms with E-state index in [0.29, 0.717) is 0 Å². The van der Waals surface area contributed by atoms with Gasteiger partial charge in [0, 0.05) is 18.7 Å². The lowest BCUT2D eigenvalue weighted by molar-refractivity contribution is -0.137. The van der Waals surface area contributed by atoms with Crippen LogP contribution in [0.5, 0.6) is 0 Å². The average Bonchev–Trinajstić information content (AvgIpc) is 2.28. The SMILES string of the molecule is O=C1CCN1C(=O)Nc1ccc(Cl)c(C(F)(F)F)c1. The summed E-state index contributed by atoms with van der Waals surface area (Å²) in [6, 6.07) is 2.26. The van der Waals surface area contributed by atoms with Crippen molar-refractivity contribution in [3.63, 3.8) is 0 Å². The molecular formula is C11H8ClF3N2O2. The van der Waals surface area contributed by atoms with E-state index in [2.05, 4.69) is 5.32 Å². The zero-order valence-corrected chi connectivity index (χ0v) is 10.2. The normalized spacial score (nSPS) is 15.2. The van der Waals surface area contributed by atoms with E-state index in [1.165, 1.54) is 6.07 Å². The fraction of sp³-hybridized carbons (Fsp3) is 0.273. The first-order valence-electron chi connectivity index (χ1n) is 5.27. The Morgan fingerprint density at radius 3 is 2.53 bits per heavy atom. The van der Waals surface area contributed by atoms with Crippen LogP contribution in [0.4, 0.5) is 23.7 Å². The van der Waals surface area contributed by atoms with Crippen molar-refractivity contribution in [1.82, 2.24) is 4.90 Å². The number of rotatable bonds is 1. The van der Waals surface area contributed by atoms with Crippen LogP contribution in [0, 0.1) is 0 Å². The van der Waals surface area contributed by atoms with Gasteiger partial charge < -0.3 is 5.32 Å². The number of nitrogens with one attached hydrogen (secondary N) is 1. The van der Waals surface area contributed by atoms with Gasteiger partial charge in [-0.3, -0.25) is 9.69 Å². The number of halogens is 4. The van der Waals surface area contributed by atoms with Gasteiger partial charge in [0.15, 0.2) is 0 Å². The molecule has 1 aromatic rings. The standard InChI is InChI=1S/C11H8ClF3N2O2/c12-8-2-1-6(5-7(8)11(13,14)15)16-10(19)17-4-3-9(17)18/h1-2,5H,3-4H2,(H,16,19). The molecule has 102 valence electrons. The molecule has 4 nitrogen and oxygen atoms in total. The Balaban J connectivity index is 2.17. The van der Waals surface area contributed by atoms with E-state index in [4.69, 9.17) is 11.6 Å². The maximum absolute atomic E-state index is 12.6. The van der Waals surface area contributed by atoms with E-state index in [0.717, 1.165) is 17.0 Å². The molecule has 3 amide bonds. The van der Waals surface area contributed by atoms with Gasteiger partial charge in [0.05, 0.1) is 10.6 Å². The van der Waals surface area contributed by atoms with Gasteiger partial charge in [0.25, 0.3) is 0 Å². The minimum absolute atomic E-state index is 0.0681. The number of imide groups is 1. The predicted octanol–water partition coefficient (Wildman–Crippen LogP) is 3.12. The van der Waals surface area contributed by atoms with E-state index < -0.39 is 22.8 Å². The van der Waals surface area contributed by atoms with E-state index in [1.807, 2.05) is 0 Å². The summed E-state index contributed by atoms with van der Waals surface area (Å²) in [5.41, 5.74) is -1.11. The van der Waals surface area contributed by atoms with Crippen LogP contribution >= 0.6 is 11.6 Å². The van der Waals surface area contributed by atoms with Gasteiger partial charge >= 0.3 is 12.2 Å². The highest BCUT2D eigenvalue weighted by atomic mass is 35.5. The molecule has 0 bridgehead atoms. The minimum Gasteiger partial charge on any atom is -0.307 e. The molecule has 0 aromatic heterocycles. The third-order valence-electron chi connectivity index (χ3n) is 2.62. The highest BCUT2D eigenvalue weighted by Crippen LogP contribution is 2.36.